The number of hydrogen-bond donors (Lipinski definition) is 2. The molecule has 0 aliphatic heterocycles. The summed E-state index contributed by atoms with van der Waals surface area (Å²) in [6.45, 7) is 3.43. The molecule has 2 N–H and O–H groups in total. The van der Waals surface area contributed by atoms with Gasteiger partial charge in [0.2, 0.25) is 0 Å². The number of nitrogens with one attached hydrogen (secondary N) is 2. The van der Waals surface area contributed by atoms with Crippen molar-refractivity contribution in [3.05, 3.63) is 54.1 Å². The van der Waals surface area contributed by atoms with E-state index in [1.165, 1.54) is 18.4 Å². The van der Waals surface area contributed by atoms with Crippen LogP contribution in [0.3, 0.4) is 0 Å². The summed E-state index contributed by atoms with van der Waals surface area (Å²) in [5, 5.41) is 5.91. The first-order valence-electron chi connectivity index (χ1n) is 7.78. The summed E-state index contributed by atoms with van der Waals surface area (Å²) >= 11 is 0. The number of benzene rings is 1. The van der Waals surface area contributed by atoms with Crippen molar-refractivity contribution < 1.29 is 4.79 Å². The van der Waals surface area contributed by atoms with Gasteiger partial charge < -0.3 is 15.2 Å². The third kappa shape index (κ3) is 4.10. The van der Waals surface area contributed by atoms with Gasteiger partial charge in [0.1, 0.15) is 0 Å². The summed E-state index contributed by atoms with van der Waals surface area (Å²) in [6, 6.07) is 8.47. The molecule has 1 atom stereocenters. The number of amides is 2. The second-order valence-corrected chi connectivity index (χ2v) is 6.00. The fourth-order valence-electron chi connectivity index (χ4n) is 2.51. The van der Waals surface area contributed by atoms with E-state index in [9.17, 15) is 4.79 Å². The Bertz CT molecular complexity index is 602. The van der Waals surface area contributed by atoms with E-state index in [4.69, 9.17) is 0 Å². The van der Waals surface area contributed by atoms with Crippen molar-refractivity contribution >= 4 is 6.03 Å². The SMILES string of the molecule is CC(NC(=O)NCc1ccc(Cn2ccnc2)cc1)C1CC1. The molecule has 1 heterocycles. The predicted octanol–water partition coefficient (Wildman–Crippen LogP) is 2.53. The molecule has 1 aromatic heterocycles. The fourth-order valence-corrected chi connectivity index (χ4v) is 2.51. The van der Waals surface area contributed by atoms with E-state index >= 15 is 0 Å². The minimum atomic E-state index is -0.0816. The van der Waals surface area contributed by atoms with Gasteiger partial charge in [-0.05, 0) is 36.8 Å². The lowest BCUT2D eigenvalue weighted by Gasteiger charge is -2.13. The molecule has 2 amide bonds. The molecule has 3 rings (SSSR count). The van der Waals surface area contributed by atoms with Crippen LogP contribution < -0.4 is 10.6 Å². The first kappa shape index (κ1) is 14.6. The first-order valence-corrected chi connectivity index (χ1v) is 7.78. The van der Waals surface area contributed by atoms with Gasteiger partial charge in [0, 0.05) is 31.5 Å². The van der Waals surface area contributed by atoms with Gasteiger partial charge in [0.05, 0.1) is 6.33 Å². The highest BCUT2D eigenvalue weighted by molar-refractivity contribution is 5.74. The molecule has 1 unspecified atom stereocenters. The highest BCUT2D eigenvalue weighted by Gasteiger charge is 2.28. The number of carbonyl (C=O) groups excluding carboxylic acids is 1. The van der Waals surface area contributed by atoms with Gasteiger partial charge >= 0.3 is 6.03 Å². The lowest BCUT2D eigenvalue weighted by Crippen LogP contribution is -2.41. The summed E-state index contributed by atoms with van der Waals surface area (Å²) < 4.78 is 2.03. The summed E-state index contributed by atoms with van der Waals surface area (Å²) in [5.74, 6) is 0.674. The van der Waals surface area contributed by atoms with E-state index in [1.807, 2.05) is 10.8 Å². The smallest absolute Gasteiger partial charge is 0.315 e. The average Bonchev–Trinajstić information content (AvgIpc) is 3.25. The Kier molecular flexibility index (Phi) is 4.42. The number of urea groups is 1. The molecule has 0 saturated heterocycles. The van der Waals surface area contributed by atoms with Gasteiger partial charge in [-0.15, -0.1) is 0 Å². The maximum Gasteiger partial charge on any atom is 0.315 e. The zero-order chi connectivity index (χ0) is 15.4. The van der Waals surface area contributed by atoms with Gasteiger partial charge in [0.15, 0.2) is 0 Å². The number of imidazole rings is 1. The maximum absolute atomic E-state index is 11.8. The Morgan fingerprint density at radius 2 is 2.05 bits per heavy atom. The minimum absolute atomic E-state index is 0.0816. The van der Waals surface area contributed by atoms with E-state index in [0.29, 0.717) is 12.5 Å². The van der Waals surface area contributed by atoms with Crippen LogP contribution in [0.5, 0.6) is 0 Å². The standard InChI is InChI=1S/C17H22N4O/c1-13(16-6-7-16)20-17(22)19-10-14-2-4-15(5-3-14)11-21-9-8-18-12-21/h2-5,8-9,12-13,16H,6-7,10-11H2,1H3,(H2,19,20,22). The largest absolute Gasteiger partial charge is 0.335 e. The lowest BCUT2D eigenvalue weighted by molar-refractivity contribution is 0.236. The van der Waals surface area contributed by atoms with Crippen LogP contribution in [0.25, 0.3) is 0 Å². The Balaban J connectivity index is 1.45. The fraction of sp³-hybridized carbons (Fsp3) is 0.412. The topological polar surface area (TPSA) is 59.0 Å². The van der Waals surface area contributed by atoms with Crippen LogP contribution in [0.15, 0.2) is 43.0 Å². The number of carbonyl (C=O) groups is 1. The van der Waals surface area contributed by atoms with Crippen LogP contribution in [-0.4, -0.2) is 21.6 Å². The molecule has 1 aliphatic carbocycles. The molecule has 0 bridgehead atoms. The highest BCUT2D eigenvalue weighted by atomic mass is 16.2. The summed E-state index contributed by atoms with van der Waals surface area (Å²) in [6.07, 6.45) is 8.00. The molecule has 116 valence electrons. The van der Waals surface area contributed by atoms with E-state index in [0.717, 1.165) is 12.1 Å². The quantitative estimate of drug-likeness (QED) is 0.861. The molecule has 1 saturated carbocycles. The zero-order valence-corrected chi connectivity index (χ0v) is 12.8. The van der Waals surface area contributed by atoms with Crippen molar-refractivity contribution in [2.24, 2.45) is 5.92 Å². The Labute approximate surface area is 130 Å². The highest BCUT2D eigenvalue weighted by Crippen LogP contribution is 2.32. The van der Waals surface area contributed by atoms with Crippen LogP contribution in [0.2, 0.25) is 0 Å². The second-order valence-electron chi connectivity index (χ2n) is 6.00. The molecule has 1 fully saturated rings. The van der Waals surface area contributed by atoms with Crippen LogP contribution in [-0.2, 0) is 13.1 Å². The number of aromatic nitrogens is 2. The average molecular weight is 298 g/mol. The molecule has 1 aliphatic rings. The molecule has 5 heteroatoms. The van der Waals surface area contributed by atoms with Crippen molar-refractivity contribution in [2.75, 3.05) is 0 Å². The van der Waals surface area contributed by atoms with Crippen molar-refractivity contribution in [3.63, 3.8) is 0 Å². The molecule has 1 aromatic carbocycles. The predicted molar refractivity (Wildman–Crippen MR) is 85.3 cm³/mol. The van der Waals surface area contributed by atoms with Gasteiger partial charge in [-0.2, -0.15) is 0 Å². The van der Waals surface area contributed by atoms with Crippen molar-refractivity contribution in [1.29, 1.82) is 0 Å². The summed E-state index contributed by atoms with van der Waals surface area (Å²) in [4.78, 5) is 15.8. The third-order valence-electron chi connectivity index (χ3n) is 4.09. The van der Waals surface area contributed by atoms with Gasteiger partial charge in [-0.25, -0.2) is 9.78 Å². The van der Waals surface area contributed by atoms with Gasteiger partial charge in [0.25, 0.3) is 0 Å². The molecular weight excluding hydrogens is 276 g/mol. The summed E-state index contributed by atoms with van der Waals surface area (Å²) in [7, 11) is 0. The van der Waals surface area contributed by atoms with E-state index in [-0.39, 0.29) is 12.1 Å². The van der Waals surface area contributed by atoms with Crippen molar-refractivity contribution in [3.8, 4) is 0 Å². The molecule has 5 nitrogen and oxygen atoms in total. The summed E-state index contributed by atoms with van der Waals surface area (Å²) in [5.41, 5.74) is 2.32. The van der Waals surface area contributed by atoms with E-state index < -0.39 is 0 Å². The third-order valence-corrected chi connectivity index (χ3v) is 4.09. The molecule has 2 aromatic rings. The first-order chi connectivity index (χ1) is 10.7. The van der Waals surface area contributed by atoms with Crippen LogP contribution in [0, 0.1) is 5.92 Å². The van der Waals surface area contributed by atoms with E-state index in [2.05, 4.69) is 46.8 Å². The minimum Gasteiger partial charge on any atom is -0.335 e. The maximum atomic E-state index is 11.8. The zero-order valence-electron chi connectivity index (χ0n) is 12.8. The number of rotatable bonds is 6. The van der Waals surface area contributed by atoms with Crippen molar-refractivity contribution in [1.82, 2.24) is 20.2 Å². The van der Waals surface area contributed by atoms with Gasteiger partial charge in [-0.3, -0.25) is 0 Å². The molecule has 22 heavy (non-hydrogen) atoms. The lowest BCUT2D eigenvalue weighted by atomic mass is 10.1. The van der Waals surface area contributed by atoms with Gasteiger partial charge in [-0.1, -0.05) is 24.3 Å². The van der Waals surface area contributed by atoms with Crippen LogP contribution in [0.1, 0.15) is 30.9 Å². The Morgan fingerprint density at radius 3 is 2.68 bits per heavy atom. The Morgan fingerprint density at radius 1 is 1.32 bits per heavy atom. The number of nitrogens with zero attached hydrogens (tertiary/aromatic N) is 2. The van der Waals surface area contributed by atoms with Crippen LogP contribution >= 0.6 is 0 Å². The molecule has 0 spiro atoms. The second kappa shape index (κ2) is 6.64. The van der Waals surface area contributed by atoms with E-state index in [1.54, 1.807) is 12.5 Å². The van der Waals surface area contributed by atoms with Crippen molar-refractivity contribution in [2.45, 2.75) is 38.9 Å². The Hall–Kier alpha value is -2.30. The monoisotopic (exact) mass is 298 g/mol. The number of hydrogen-bond acceptors (Lipinski definition) is 2. The molecular formula is C17H22N4O. The normalized spacial score (nSPS) is 15.3. The van der Waals surface area contributed by atoms with Crippen LogP contribution in [0.4, 0.5) is 4.79 Å². The molecule has 0 radical (unpaired) electrons.